The Morgan fingerprint density at radius 3 is 2.38 bits per heavy atom. The van der Waals surface area contributed by atoms with Crippen molar-refractivity contribution >= 4 is 11.7 Å². The standard InChI is InChI=1S/C18H27NO2/c1-3-11-18(12-4-2)13-19(14-18)16-8-6-5-7-15(16)9-10-17(20)21/h5-8H,3-4,9-14H2,1-2H3,(H,20,21). The van der Waals surface area contributed by atoms with E-state index in [1.165, 1.54) is 36.9 Å². The Labute approximate surface area is 128 Å². The third kappa shape index (κ3) is 3.78. The molecule has 3 heteroatoms. The van der Waals surface area contributed by atoms with Gasteiger partial charge in [-0.3, -0.25) is 4.79 Å². The first-order chi connectivity index (χ1) is 10.1. The molecule has 0 unspecified atom stereocenters. The molecule has 21 heavy (non-hydrogen) atoms. The molecule has 1 aliphatic rings. The normalized spacial score (nSPS) is 16.6. The lowest BCUT2D eigenvalue weighted by Gasteiger charge is -2.52. The molecule has 3 nitrogen and oxygen atoms in total. The summed E-state index contributed by atoms with van der Waals surface area (Å²) in [5, 5.41) is 8.88. The van der Waals surface area contributed by atoms with E-state index in [2.05, 4.69) is 36.9 Å². The zero-order valence-corrected chi connectivity index (χ0v) is 13.3. The minimum atomic E-state index is -0.722. The van der Waals surface area contributed by atoms with Crippen molar-refractivity contribution < 1.29 is 9.90 Å². The van der Waals surface area contributed by atoms with Gasteiger partial charge < -0.3 is 10.0 Å². The lowest BCUT2D eigenvalue weighted by molar-refractivity contribution is -0.136. The zero-order chi connectivity index (χ0) is 15.3. The first kappa shape index (κ1) is 15.9. The summed E-state index contributed by atoms with van der Waals surface area (Å²) in [6.45, 7) is 6.78. The van der Waals surface area contributed by atoms with Crippen LogP contribution < -0.4 is 4.90 Å². The monoisotopic (exact) mass is 289 g/mol. The molecule has 0 saturated carbocycles. The first-order valence-corrected chi connectivity index (χ1v) is 8.15. The van der Waals surface area contributed by atoms with Crippen molar-refractivity contribution in [2.45, 2.75) is 52.4 Å². The topological polar surface area (TPSA) is 40.5 Å². The Balaban J connectivity index is 2.05. The smallest absolute Gasteiger partial charge is 0.303 e. The third-order valence-corrected chi connectivity index (χ3v) is 4.55. The number of benzene rings is 1. The fourth-order valence-electron chi connectivity index (χ4n) is 3.71. The Bertz CT molecular complexity index is 470. The minimum absolute atomic E-state index is 0.208. The van der Waals surface area contributed by atoms with Crippen LogP contribution in [0.15, 0.2) is 24.3 Å². The molecule has 0 bridgehead atoms. The summed E-state index contributed by atoms with van der Waals surface area (Å²) in [4.78, 5) is 13.2. The van der Waals surface area contributed by atoms with Gasteiger partial charge in [-0.05, 0) is 30.9 Å². The van der Waals surface area contributed by atoms with Gasteiger partial charge in [0, 0.05) is 30.6 Å². The number of hydrogen-bond acceptors (Lipinski definition) is 2. The molecule has 1 saturated heterocycles. The van der Waals surface area contributed by atoms with Crippen LogP contribution in [0.4, 0.5) is 5.69 Å². The van der Waals surface area contributed by atoms with Crippen LogP contribution in [-0.2, 0) is 11.2 Å². The molecule has 0 spiro atoms. The third-order valence-electron chi connectivity index (χ3n) is 4.55. The molecular weight excluding hydrogens is 262 g/mol. The van der Waals surface area contributed by atoms with E-state index in [0.29, 0.717) is 11.8 Å². The summed E-state index contributed by atoms with van der Waals surface area (Å²) in [5.74, 6) is -0.722. The van der Waals surface area contributed by atoms with Gasteiger partial charge in [0.15, 0.2) is 0 Å². The number of aryl methyl sites for hydroxylation is 1. The SMILES string of the molecule is CCCC1(CCC)CN(c2ccccc2CCC(=O)O)C1. The van der Waals surface area contributed by atoms with E-state index in [-0.39, 0.29) is 6.42 Å². The molecule has 1 aromatic carbocycles. The molecular formula is C18H27NO2. The van der Waals surface area contributed by atoms with E-state index >= 15 is 0 Å². The Morgan fingerprint density at radius 2 is 1.81 bits per heavy atom. The molecule has 2 rings (SSSR count). The lowest BCUT2D eigenvalue weighted by Crippen LogP contribution is -2.56. The van der Waals surface area contributed by atoms with Gasteiger partial charge in [-0.1, -0.05) is 44.9 Å². The summed E-state index contributed by atoms with van der Waals surface area (Å²) < 4.78 is 0. The molecule has 1 fully saturated rings. The van der Waals surface area contributed by atoms with Crippen molar-refractivity contribution in [3.63, 3.8) is 0 Å². The molecule has 1 aromatic rings. The average molecular weight is 289 g/mol. The fourth-order valence-corrected chi connectivity index (χ4v) is 3.71. The van der Waals surface area contributed by atoms with Gasteiger partial charge in [-0.25, -0.2) is 0 Å². The lowest BCUT2D eigenvalue weighted by atomic mass is 9.72. The molecule has 1 heterocycles. The van der Waals surface area contributed by atoms with Gasteiger partial charge in [-0.15, -0.1) is 0 Å². The molecule has 0 atom stereocenters. The predicted molar refractivity (Wildman–Crippen MR) is 86.9 cm³/mol. The molecule has 116 valence electrons. The largest absolute Gasteiger partial charge is 0.481 e. The van der Waals surface area contributed by atoms with Gasteiger partial charge in [-0.2, -0.15) is 0 Å². The Kier molecular flexibility index (Phi) is 5.27. The maximum atomic E-state index is 10.8. The van der Waals surface area contributed by atoms with Gasteiger partial charge >= 0.3 is 5.97 Å². The van der Waals surface area contributed by atoms with Crippen LogP contribution in [0.25, 0.3) is 0 Å². The number of rotatable bonds is 8. The maximum Gasteiger partial charge on any atom is 0.303 e. The second kappa shape index (κ2) is 6.97. The molecule has 0 amide bonds. The number of nitrogens with zero attached hydrogens (tertiary/aromatic N) is 1. The first-order valence-electron chi connectivity index (χ1n) is 8.15. The van der Waals surface area contributed by atoms with E-state index in [9.17, 15) is 4.79 Å². The molecule has 0 aliphatic carbocycles. The van der Waals surface area contributed by atoms with Crippen LogP contribution in [0.3, 0.4) is 0 Å². The van der Waals surface area contributed by atoms with Crippen LogP contribution in [-0.4, -0.2) is 24.2 Å². The Hall–Kier alpha value is -1.51. The number of para-hydroxylation sites is 1. The van der Waals surface area contributed by atoms with E-state index < -0.39 is 5.97 Å². The van der Waals surface area contributed by atoms with Gasteiger partial charge in [0.05, 0.1) is 0 Å². The molecule has 0 radical (unpaired) electrons. The van der Waals surface area contributed by atoms with E-state index in [1.807, 2.05) is 6.07 Å². The van der Waals surface area contributed by atoms with E-state index in [4.69, 9.17) is 5.11 Å². The number of carboxylic acids is 1. The van der Waals surface area contributed by atoms with Crippen molar-refractivity contribution in [3.8, 4) is 0 Å². The summed E-state index contributed by atoms with van der Waals surface area (Å²) in [6, 6.07) is 8.27. The van der Waals surface area contributed by atoms with Crippen LogP contribution in [0.5, 0.6) is 0 Å². The summed E-state index contributed by atoms with van der Waals surface area (Å²) in [5.41, 5.74) is 2.90. The number of aliphatic carboxylic acids is 1. The second-order valence-electron chi connectivity index (χ2n) is 6.38. The highest BCUT2D eigenvalue weighted by Gasteiger charge is 2.41. The van der Waals surface area contributed by atoms with Crippen molar-refractivity contribution in [1.82, 2.24) is 0 Å². The van der Waals surface area contributed by atoms with Crippen LogP contribution in [0, 0.1) is 5.41 Å². The summed E-state index contributed by atoms with van der Waals surface area (Å²) >= 11 is 0. The number of carbonyl (C=O) groups is 1. The minimum Gasteiger partial charge on any atom is -0.481 e. The van der Waals surface area contributed by atoms with Gasteiger partial charge in [0.1, 0.15) is 0 Å². The van der Waals surface area contributed by atoms with Crippen molar-refractivity contribution in [1.29, 1.82) is 0 Å². The van der Waals surface area contributed by atoms with Crippen molar-refractivity contribution in [2.24, 2.45) is 5.41 Å². The van der Waals surface area contributed by atoms with Crippen LogP contribution >= 0.6 is 0 Å². The van der Waals surface area contributed by atoms with Gasteiger partial charge in [0.2, 0.25) is 0 Å². The van der Waals surface area contributed by atoms with E-state index in [1.54, 1.807) is 0 Å². The number of hydrogen-bond donors (Lipinski definition) is 1. The highest BCUT2D eigenvalue weighted by Crippen LogP contribution is 2.42. The maximum absolute atomic E-state index is 10.8. The highest BCUT2D eigenvalue weighted by molar-refractivity contribution is 5.68. The summed E-state index contributed by atoms with van der Waals surface area (Å²) in [6.07, 6.45) is 5.92. The highest BCUT2D eigenvalue weighted by atomic mass is 16.4. The van der Waals surface area contributed by atoms with Gasteiger partial charge in [0.25, 0.3) is 0 Å². The average Bonchev–Trinajstić information content (AvgIpc) is 2.42. The van der Waals surface area contributed by atoms with Crippen molar-refractivity contribution in [2.75, 3.05) is 18.0 Å². The quantitative estimate of drug-likeness (QED) is 0.783. The fraction of sp³-hybridized carbons (Fsp3) is 0.611. The second-order valence-corrected chi connectivity index (χ2v) is 6.38. The van der Waals surface area contributed by atoms with E-state index in [0.717, 1.165) is 13.1 Å². The summed E-state index contributed by atoms with van der Waals surface area (Å²) in [7, 11) is 0. The van der Waals surface area contributed by atoms with Crippen LogP contribution in [0.2, 0.25) is 0 Å². The zero-order valence-electron chi connectivity index (χ0n) is 13.3. The number of carboxylic acid groups (broad SMARTS) is 1. The van der Waals surface area contributed by atoms with Crippen LogP contribution in [0.1, 0.15) is 51.5 Å². The number of anilines is 1. The molecule has 1 aliphatic heterocycles. The Morgan fingerprint density at radius 1 is 1.19 bits per heavy atom. The predicted octanol–water partition coefficient (Wildman–Crippen LogP) is 4.11. The molecule has 0 aromatic heterocycles. The molecule has 1 N–H and O–H groups in total. The van der Waals surface area contributed by atoms with Crippen molar-refractivity contribution in [3.05, 3.63) is 29.8 Å².